The highest BCUT2D eigenvalue weighted by molar-refractivity contribution is 5.21. The van der Waals surface area contributed by atoms with Crippen molar-refractivity contribution in [2.45, 2.75) is 31.7 Å². The van der Waals surface area contributed by atoms with Crippen molar-refractivity contribution in [1.29, 1.82) is 0 Å². The van der Waals surface area contributed by atoms with Gasteiger partial charge in [0.05, 0.1) is 0 Å². The van der Waals surface area contributed by atoms with Gasteiger partial charge in [-0.15, -0.1) is 0 Å². The molecule has 1 atom stereocenters. The summed E-state index contributed by atoms with van der Waals surface area (Å²) in [5.41, 5.74) is 0.798. The zero-order valence-electron chi connectivity index (χ0n) is 12.3. The summed E-state index contributed by atoms with van der Waals surface area (Å²) in [6, 6.07) is 7.25. The fraction of sp³-hybridized carbons (Fsp3) is 0.647. The average molecular weight is 276 g/mol. The first-order chi connectivity index (χ1) is 9.76. The molecule has 2 aliphatic carbocycles. The Morgan fingerprint density at radius 3 is 2.25 bits per heavy atom. The van der Waals surface area contributed by atoms with Crippen LogP contribution in [-0.2, 0) is 0 Å². The molecule has 0 saturated heterocycles. The van der Waals surface area contributed by atoms with Crippen LogP contribution >= 0.6 is 0 Å². The molecule has 3 heteroatoms. The van der Waals surface area contributed by atoms with Crippen LogP contribution in [-0.4, -0.2) is 31.6 Å². The van der Waals surface area contributed by atoms with Gasteiger partial charge in [0.15, 0.2) is 0 Å². The number of benzene rings is 1. The number of nitrogens with zero attached hydrogens (tertiary/aromatic N) is 1. The molecule has 0 bridgehead atoms. The molecule has 1 N–H and O–H groups in total. The standard InChI is InChI=1S/C17H25FN2/c1-19-17(15-4-2-3-5-16(15)18)12-20(10-13-6-7-13)11-14-8-9-14/h2-5,13-14,17,19H,6-12H2,1H3. The lowest BCUT2D eigenvalue weighted by Gasteiger charge is -2.28. The Balaban J connectivity index is 1.65. The largest absolute Gasteiger partial charge is 0.312 e. The molecule has 0 heterocycles. The van der Waals surface area contributed by atoms with Gasteiger partial charge in [-0.25, -0.2) is 4.39 Å². The van der Waals surface area contributed by atoms with Gasteiger partial charge in [0, 0.05) is 31.2 Å². The van der Waals surface area contributed by atoms with Crippen LogP contribution in [0.5, 0.6) is 0 Å². The Hall–Kier alpha value is -0.930. The third kappa shape index (κ3) is 3.80. The van der Waals surface area contributed by atoms with Crippen molar-refractivity contribution in [2.75, 3.05) is 26.7 Å². The van der Waals surface area contributed by atoms with E-state index in [1.54, 1.807) is 12.1 Å². The summed E-state index contributed by atoms with van der Waals surface area (Å²) >= 11 is 0. The highest BCUT2D eigenvalue weighted by Gasteiger charge is 2.30. The van der Waals surface area contributed by atoms with Crippen molar-refractivity contribution < 1.29 is 4.39 Å². The molecule has 1 unspecified atom stereocenters. The molecule has 0 aliphatic heterocycles. The Labute approximate surface area is 121 Å². The van der Waals surface area contributed by atoms with Crippen molar-refractivity contribution in [2.24, 2.45) is 11.8 Å². The second-order valence-electron chi connectivity index (χ2n) is 6.47. The first kappa shape index (κ1) is 14.0. The zero-order chi connectivity index (χ0) is 13.9. The van der Waals surface area contributed by atoms with Crippen molar-refractivity contribution in [3.8, 4) is 0 Å². The molecule has 0 radical (unpaired) electrons. The van der Waals surface area contributed by atoms with E-state index in [-0.39, 0.29) is 11.9 Å². The van der Waals surface area contributed by atoms with Gasteiger partial charge >= 0.3 is 0 Å². The lowest BCUT2D eigenvalue weighted by Crippen LogP contribution is -2.36. The topological polar surface area (TPSA) is 15.3 Å². The van der Waals surface area contributed by atoms with E-state index in [4.69, 9.17) is 0 Å². The summed E-state index contributed by atoms with van der Waals surface area (Å²) in [7, 11) is 1.93. The third-order valence-corrected chi connectivity index (χ3v) is 4.50. The van der Waals surface area contributed by atoms with Gasteiger partial charge in [-0.2, -0.15) is 0 Å². The summed E-state index contributed by atoms with van der Waals surface area (Å²) in [4.78, 5) is 2.56. The SMILES string of the molecule is CNC(CN(CC1CC1)CC1CC1)c1ccccc1F. The molecule has 2 saturated carbocycles. The number of rotatable bonds is 8. The van der Waals surface area contributed by atoms with Gasteiger partial charge in [-0.3, -0.25) is 0 Å². The highest BCUT2D eigenvalue weighted by atomic mass is 19.1. The van der Waals surface area contributed by atoms with E-state index in [0.717, 1.165) is 23.9 Å². The fourth-order valence-corrected chi connectivity index (χ4v) is 2.92. The number of halogens is 1. The van der Waals surface area contributed by atoms with E-state index >= 15 is 0 Å². The van der Waals surface area contributed by atoms with Crippen LogP contribution in [0.25, 0.3) is 0 Å². The second-order valence-corrected chi connectivity index (χ2v) is 6.47. The molecule has 20 heavy (non-hydrogen) atoms. The molecule has 2 nitrogen and oxygen atoms in total. The minimum Gasteiger partial charge on any atom is -0.312 e. The number of likely N-dealkylation sites (N-methyl/N-ethyl adjacent to an activating group) is 1. The predicted molar refractivity (Wildman–Crippen MR) is 80.1 cm³/mol. The van der Waals surface area contributed by atoms with E-state index in [0.29, 0.717) is 0 Å². The minimum absolute atomic E-state index is 0.0914. The number of nitrogens with one attached hydrogen (secondary N) is 1. The maximum Gasteiger partial charge on any atom is 0.128 e. The van der Waals surface area contributed by atoms with E-state index in [2.05, 4.69) is 10.2 Å². The van der Waals surface area contributed by atoms with Crippen LogP contribution < -0.4 is 5.32 Å². The quantitative estimate of drug-likeness (QED) is 0.784. The van der Waals surface area contributed by atoms with Crippen LogP contribution in [0.2, 0.25) is 0 Å². The smallest absolute Gasteiger partial charge is 0.128 e. The summed E-state index contributed by atoms with van der Waals surface area (Å²) in [5.74, 6) is 1.70. The monoisotopic (exact) mass is 276 g/mol. The minimum atomic E-state index is -0.0929. The van der Waals surface area contributed by atoms with E-state index in [1.807, 2.05) is 19.2 Å². The molecule has 0 aromatic heterocycles. The third-order valence-electron chi connectivity index (χ3n) is 4.50. The van der Waals surface area contributed by atoms with Crippen LogP contribution in [0, 0.1) is 17.7 Å². The van der Waals surface area contributed by atoms with Gasteiger partial charge in [0.25, 0.3) is 0 Å². The normalized spacial score (nSPS) is 20.4. The number of hydrogen-bond donors (Lipinski definition) is 1. The van der Waals surface area contributed by atoms with Crippen LogP contribution in [0.15, 0.2) is 24.3 Å². The zero-order valence-corrected chi connectivity index (χ0v) is 12.3. The fourth-order valence-electron chi connectivity index (χ4n) is 2.92. The maximum absolute atomic E-state index is 14.0. The van der Waals surface area contributed by atoms with Crippen LogP contribution in [0.3, 0.4) is 0 Å². The summed E-state index contributed by atoms with van der Waals surface area (Å²) in [6.07, 6.45) is 5.52. The molecular weight excluding hydrogens is 251 g/mol. The predicted octanol–water partition coefficient (Wildman–Crippen LogP) is 3.21. The Kier molecular flexibility index (Phi) is 4.37. The van der Waals surface area contributed by atoms with Gasteiger partial charge in [0.1, 0.15) is 5.82 Å². The van der Waals surface area contributed by atoms with E-state index in [1.165, 1.54) is 38.8 Å². The van der Waals surface area contributed by atoms with Crippen LogP contribution in [0.1, 0.15) is 37.3 Å². The summed E-state index contributed by atoms with van der Waals surface area (Å²) in [5, 5.41) is 3.30. The number of hydrogen-bond acceptors (Lipinski definition) is 2. The molecule has 1 aromatic carbocycles. The molecule has 0 spiro atoms. The average Bonchev–Trinajstić information content (AvgIpc) is 3.33. The maximum atomic E-state index is 14.0. The van der Waals surface area contributed by atoms with Crippen molar-refractivity contribution in [3.63, 3.8) is 0 Å². The Morgan fingerprint density at radius 1 is 1.15 bits per heavy atom. The Bertz CT molecular complexity index is 426. The lowest BCUT2D eigenvalue weighted by molar-refractivity contribution is 0.226. The van der Waals surface area contributed by atoms with Gasteiger partial charge < -0.3 is 10.2 Å². The van der Waals surface area contributed by atoms with Crippen LogP contribution in [0.4, 0.5) is 4.39 Å². The lowest BCUT2D eigenvalue weighted by atomic mass is 10.1. The molecular formula is C17H25FN2. The molecule has 110 valence electrons. The summed E-state index contributed by atoms with van der Waals surface area (Å²) < 4.78 is 14.0. The van der Waals surface area contributed by atoms with Crippen molar-refractivity contribution in [3.05, 3.63) is 35.6 Å². The first-order valence-corrected chi connectivity index (χ1v) is 7.90. The highest BCUT2D eigenvalue weighted by Crippen LogP contribution is 2.34. The molecule has 2 aliphatic rings. The first-order valence-electron chi connectivity index (χ1n) is 7.90. The van der Waals surface area contributed by atoms with E-state index < -0.39 is 0 Å². The van der Waals surface area contributed by atoms with E-state index in [9.17, 15) is 4.39 Å². The molecule has 1 aromatic rings. The van der Waals surface area contributed by atoms with Gasteiger partial charge in [-0.05, 0) is 50.6 Å². The summed E-state index contributed by atoms with van der Waals surface area (Å²) in [6.45, 7) is 3.32. The molecule has 0 amide bonds. The molecule has 2 fully saturated rings. The van der Waals surface area contributed by atoms with Gasteiger partial charge in [0.2, 0.25) is 0 Å². The Morgan fingerprint density at radius 2 is 1.75 bits per heavy atom. The van der Waals surface area contributed by atoms with Gasteiger partial charge in [-0.1, -0.05) is 18.2 Å². The van der Waals surface area contributed by atoms with Crippen molar-refractivity contribution >= 4 is 0 Å². The second kappa shape index (κ2) is 6.23. The van der Waals surface area contributed by atoms with Crippen molar-refractivity contribution in [1.82, 2.24) is 10.2 Å². The molecule has 3 rings (SSSR count).